The van der Waals surface area contributed by atoms with E-state index in [9.17, 15) is 0 Å². The van der Waals surface area contributed by atoms with Crippen molar-refractivity contribution in [3.05, 3.63) is 60.1 Å². The Labute approximate surface area is 105 Å². The second-order valence-electron chi connectivity index (χ2n) is 4.03. The highest BCUT2D eigenvalue weighted by Gasteiger charge is 2.11. The first-order chi connectivity index (χ1) is 8.36. The molecular weight excluding hydrogens is 226 g/mol. The molecule has 3 rings (SSSR count). The molecule has 1 nitrogen and oxygen atoms in total. The first kappa shape index (κ1) is 10.4. The quantitative estimate of drug-likeness (QED) is 0.624. The van der Waals surface area contributed by atoms with Crippen LogP contribution in [0.2, 0.25) is 0 Å². The fourth-order valence-corrected chi connectivity index (χ4v) is 2.93. The Kier molecular flexibility index (Phi) is 2.57. The van der Waals surface area contributed by atoms with E-state index in [2.05, 4.69) is 71.7 Å². The van der Waals surface area contributed by atoms with Gasteiger partial charge in [0.1, 0.15) is 0 Å². The Bertz CT molecular complexity index is 606. The van der Waals surface area contributed by atoms with E-state index in [1.54, 1.807) is 11.3 Å². The molecule has 0 bridgehead atoms. The second kappa shape index (κ2) is 4.22. The van der Waals surface area contributed by atoms with Crippen LogP contribution >= 0.6 is 11.3 Å². The fourth-order valence-electron chi connectivity index (χ4n) is 2.10. The van der Waals surface area contributed by atoms with Crippen LogP contribution in [0.25, 0.3) is 21.7 Å². The van der Waals surface area contributed by atoms with Gasteiger partial charge in [0.2, 0.25) is 0 Å². The third-order valence-corrected chi connectivity index (χ3v) is 3.79. The molecule has 3 aromatic rings. The highest BCUT2D eigenvalue weighted by Crippen LogP contribution is 2.34. The van der Waals surface area contributed by atoms with Gasteiger partial charge < -0.3 is 4.57 Å². The van der Waals surface area contributed by atoms with Crippen LogP contribution in [0.3, 0.4) is 0 Å². The molecule has 0 atom stereocenters. The number of aryl methyl sites for hydroxylation is 1. The van der Waals surface area contributed by atoms with Crippen molar-refractivity contribution in [2.24, 2.45) is 7.05 Å². The lowest BCUT2D eigenvalue weighted by atomic mass is 10.1. The van der Waals surface area contributed by atoms with Crippen LogP contribution in [-0.4, -0.2) is 4.57 Å². The van der Waals surface area contributed by atoms with Crippen molar-refractivity contribution in [1.29, 1.82) is 0 Å². The van der Waals surface area contributed by atoms with Gasteiger partial charge in [0.25, 0.3) is 0 Å². The normalized spacial score (nSPS) is 10.6. The maximum atomic E-state index is 2.19. The third-order valence-electron chi connectivity index (χ3n) is 2.91. The summed E-state index contributed by atoms with van der Waals surface area (Å²) >= 11 is 1.78. The first-order valence-electron chi connectivity index (χ1n) is 5.61. The SMILES string of the molecule is Cn1ccc(-c2ccccc2)c1-c1cccs1. The topological polar surface area (TPSA) is 4.93 Å². The van der Waals surface area contributed by atoms with Gasteiger partial charge in [-0.05, 0) is 23.1 Å². The summed E-state index contributed by atoms with van der Waals surface area (Å²) in [6, 6.07) is 17.0. The Balaban J connectivity index is 2.20. The number of nitrogens with zero attached hydrogens (tertiary/aromatic N) is 1. The highest BCUT2D eigenvalue weighted by atomic mass is 32.1. The molecule has 0 aliphatic carbocycles. The van der Waals surface area contributed by atoms with Crippen molar-refractivity contribution in [2.45, 2.75) is 0 Å². The number of hydrogen-bond acceptors (Lipinski definition) is 1. The average Bonchev–Trinajstić information content (AvgIpc) is 2.99. The zero-order chi connectivity index (χ0) is 11.7. The summed E-state index contributed by atoms with van der Waals surface area (Å²) in [5, 5.41) is 2.12. The minimum Gasteiger partial charge on any atom is -0.349 e. The van der Waals surface area contributed by atoms with Gasteiger partial charge in [-0.15, -0.1) is 11.3 Å². The zero-order valence-corrected chi connectivity index (χ0v) is 10.4. The summed E-state index contributed by atoms with van der Waals surface area (Å²) in [5.41, 5.74) is 3.87. The third kappa shape index (κ3) is 1.81. The lowest BCUT2D eigenvalue weighted by Crippen LogP contribution is -1.89. The summed E-state index contributed by atoms with van der Waals surface area (Å²) in [6.45, 7) is 0. The first-order valence-corrected chi connectivity index (χ1v) is 6.49. The predicted octanol–water partition coefficient (Wildman–Crippen LogP) is 4.42. The smallest absolute Gasteiger partial charge is 0.0658 e. The molecule has 0 radical (unpaired) electrons. The molecular formula is C15H13NS. The predicted molar refractivity (Wildman–Crippen MR) is 74.2 cm³/mol. The molecule has 2 aromatic heterocycles. The maximum Gasteiger partial charge on any atom is 0.0658 e. The number of aromatic nitrogens is 1. The van der Waals surface area contributed by atoms with Crippen LogP contribution in [0.15, 0.2) is 60.1 Å². The zero-order valence-electron chi connectivity index (χ0n) is 9.63. The van der Waals surface area contributed by atoms with E-state index >= 15 is 0 Å². The van der Waals surface area contributed by atoms with E-state index in [1.165, 1.54) is 21.7 Å². The Morgan fingerprint density at radius 2 is 1.76 bits per heavy atom. The van der Waals surface area contributed by atoms with Gasteiger partial charge in [-0.3, -0.25) is 0 Å². The van der Waals surface area contributed by atoms with Gasteiger partial charge in [0.15, 0.2) is 0 Å². The molecule has 0 N–H and O–H groups in total. The molecule has 2 heterocycles. The van der Waals surface area contributed by atoms with Crippen molar-refractivity contribution in [3.8, 4) is 21.7 Å². The Hall–Kier alpha value is -1.80. The van der Waals surface area contributed by atoms with Gasteiger partial charge in [-0.2, -0.15) is 0 Å². The fraction of sp³-hybridized carbons (Fsp3) is 0.0667. The highest BCUT2D eigenvalue weighted by molar-refractivity contribution is 7.13. The van der Waals surface area contributed by atoms with Crippen LogP contribution in [0.5, 0.6) is 0 Å². The average molecular weight is 239 g/mol. The molecule has 1 aromatic carbocycles. The Morgan fingerprint density at radius 3 is 2.47 bits per heavy atom. The van der Waals surface area contributed by atoms with Crippen LogP contribution in [0.4, 0.5) is 0 Å². The van der Waals surface area contributed by atoms with Crippen molar-refractivity contribution >= 4 is 11.3 Å². The lowest BCUT2D eigenvalue weighted by molar-refractivity contribution is 0.940. The van der Waals surface area contributed by atoms with Crippen LogP contribution < -0.4 is 0 Å². The molecule has 0 fully saturated rings. The Morgan fingerprint density at radius 1 is 0.941 bits per heavy atom. The van der Waals surface area contributed by atoms with E-state index in [0.29, 0.717) is 0 Å². The monoisotopic (exact) mass is 239 g/mol. The molecule has 0 aliphatic rings. The minimum absolute atomic E-state index is 1.27. The molecule has 17 heavy (non-hydrogen) atoms. The van der Waals surface area contributed by atoms with Crippen molar-refractivity contribution in [1.82, 2.24) is 4.57 Å². The number of thiophene rings is 1. The number of hydrogen-bond donors (Lipinski definition) is 0. The maximum absolute atomic E-state index is 2.19. The summed E-state index contributed by atoms with van der Waals surface area (Å²) in [5.74, 6) is 0. The summed E-state index contributed by atoms with van der Waals surface area (Å²) in [7, 11) is 2.10. The number of rotatable bonds is 2. The van der Waals surface area contributed by atoms with Gasteiger partial charge in [-0.25, -0.2) is 0 Å². The van der Waals surface area contributed by atoms with E-state index in [-0.39, 0.29) is 0 Å². The lowest BCUT2D eigenvalue weighted by Gasteiger charge is -2.05. The van der Waals surface area contributed by atoms with Gasteiger partial charge in [0.05, 0.1) is 10.6 Å². The molecule has 2 heteroatoms. The molecule has 0 unspecified atom stereocenters. The number of benzene rings is 1. The molecule has 0 spiro atoms. The standard InChI is InChI=1S/C15H13NS/c1-16-10-9-13(12-6-3-2-4-7-12)15(16)14-8-5-11-17-14/h2-11H,1H3. The van der Waals surface area contributed by atoms with E-state index in [0.717, 1.165) is 0 Å². The molecule has 0 aliphatic heterocycles. The molecule has 0 saturated heterocycles. The van der Waals surface area contributed by atoms with Gasteiger partial charge in [-0.1, -0.05) is 36.4 Å². The van der Waals surface area contributed by atoms with E-state index < -0.39 is 0 Å². The van der Waals surface area contributed by atoms with Gasteiger partial charge >= 0.3 is 0 Å². The summed E-state index contributed by atoms with van der Waals surface area (Å²) < 4.78 is 2.19. The van der Waals surface area contributed by atoms with Crippen molar-refractivity contribution in [3.63, 3.8) is 0 Å². The summed E-state index contributed by atoms with van der Waals surface area (Å²) in [6.07, 6.45) is 2.12. The summed E-state index contributed by atoms with van der Waals surface area (Å²) in [4.78, 5) is 1.32. The van der Waals surface area contributed by atoms with Crippen molar-refractivity contribution < 1.29 is 0 Å². The molecule has 0 amide bonds. The van der Waals surface area contributed by atoms with Crippen LogP contribution in [0, 0.1) is 0 Å². The minimum atomic E-state index is 1.27. The van der Waals surface area contributed by atoms with Crippen LogP contribution in [0.1, 0.15) is 0 Å². The molecule has 0 saturated carbocycles. The van der Waals surface area contributed by atoms with E-state index in [1.807, 2.05) is 0 Å². The van der Waals surface area contributed by atoms with E-state index in [4.69, 9.17) is 0 Å². The van der Waals surface area contributed by atoms with Gasteiger partial charge in [0, 0.05) is 18.8 Å². The molecule has 84 valence electrons. The largest absolute Gasteiger partial charge is 0.349 e. The van der Waals surface area contributed by atoms with Crippen LogP contribution in [-0.2, 0) is 7.05 Å². The van der Waals surface area contributed by atoms with Crippen molar-refractivity contribution in [2.75, 3.05) is 0 Å². The second-order valence-corrected chi connectivity index (χ2v) is 4.98.